The minimum atomic E-state index is 0.204. The summed E-state index contributed by atoms with van der Waals surface area (Å²) in [5, 5.41) is 2.01. The summed E-state index contributed by atoms with van der Waals surface area (Å²) in [6.07, 6.45) is 4.43. The Labute approximate surface area is 193 Å². The zero-order valence-corrected chi connectivity index (χ0v) is 19.4. The number of Topliss-reactive ketones (excluding diaryl/α,β-unsaturated/α-hetero) is 1. The fraction of sp³-hybridized carbons (Fsp3) is 0.333. The van der Waals surface area contributed by atoms with Crippen LogP contribution in [-0.2, 0) is 6.42 Å². The van der Waals surface area contributed by atoms with E-state index in [1.807, 2.05) is 17.5 Å². The maximum Gasteiger partial charge on any atom is 0.204 e. The van der Waals surface area contributed by atoms with Crippen LogP contribution in [-0.4, -0.2) is 55.3 Å². The van der Waals surface area contributed by atoms with Gasteiger partial charge in [0.15, 0.2) is 12.3 Å². The van der Waals surface area contributed by atoms with Crippen molar-refractivity contribution in [3.8, 4) is 28.0 Å². The molecule has 3 aromatic rings. The van der Waals surface area contributed by atoms with Crippen LogP contribution in [0.3, 0.4) is 0 Å². The smallest absolute Gasteiger partial charge is 0.204 e. The van der Waals surface area contributed by atoms with Crippen LogP contribution in [0.2, 0.25) is 0 Å². The van der Waals surface area contributed by atoms with Crippen LogP contribution in [0, 0.1) is 0 Å². The molecule has 0 atom stereocenters. The van der Waals surface area contributed by atoms with Gasteiger partial charge in [-0.2, -0.15) is 0 Å². The van der Waals surface area contributed by atoms with Gasteiger partial charge in [0.05, 0.1) is 18.5 Å². The molecule has 0 saturated carbocycles. The molecule has 0 bridgehead atoms. The molecule has 0 unspecified atom stereocenters. The number of nitrogens with zero attached hydrogens (tertiary/aromatic N) is 2. The monoisotopic (exact) mass is 445 g/mol. The van der Waals surface area contributed by atoms with Gasteiger partial charge in [0.2, 0.25) is 5.69 Å². The van der Waals surface area contributed by atoms with E-state index in [0.717, 1.165) is 57.2 Å². The molecule has 2 aliphatic rings. The van der Waals surface area contributed by atoms with E-state index in [2.05, 4.69) is 46.5 Å². The van der Waals surface area contributed by atoms with Gasteiger partial charge in [0.1, 0.15) is 12.5 Å². The summed E-state index contributed by atoms with van der Waals surface area (Å²) < 4.78 is 7.85. The Morgan fingerprint density at radius 3 is 2.56 bits per heavy atom. The fourth-order valence-corrected chi connectivity index (χ4v) is 5.77. The predicted octanol–water partition coefficient (Wildman–Crippen LogP) is 5.66. The molecule has 0 spiro atoms. The van der Waals surface area contributed by atoms with Gasteiger partial charge < -0.3 is 4.74 Å². The van der Waals surface area contributed by atoms with Gasteiger partial charge in [-0.15, -0.1) is 11.3 Å². The molecule has 1 aromatic heterocycles. The van der Waals surface area contributed by atoms with Gasteiger partial charge in [-0.25, -0.2) is 4.58 Å². The number of likely N-dealkylation sites (tertiary alicyclic amines) is 1. The summed E-state index contributed by atoms with van der Waals surface area (Å²) in [5.41, 5.74) is 6.50. The van der Waals surface area contributed by atoms with Crippen molar-refractivity contribution in [3.63, 3.8) is 0 Å². The average molecular weight is 446 g/mol. The van der Waals surface area contributed by atoms with E-state index in [1.54, 1.807) is 7.11 Å². The number of rotatable bonds is 6. The molecule has 1 saturated heterocycles. The number of carbonyl (C=O) groups is 1. The van der Waals surface area contributed by atoms with Gasteiger partial charge in [-0.1, -0.05) is 12.5 Å². The molecule has 1 aliphatic heterocycles. The molecule has 0 amide bonds. The second-order valence-corrected chi connectivity index (χ2v) is 9.57. The topological polar surface area (TPSA) is 32.5 Å². The summed E-state index contributed by atoms with van der Waals surface area (Å²) in [6, 6.07) is 14.6. The van der Waals surface area contributed by atoms with E-state index < -0.39 is 0 Å². The first kappa shape index (κ1) is 21.1. The molecule has 2 heterocycles. The number of thiophene rings is 1. The Balaban J connectivity index is 1.44. The summed E-state index contributed by atoms with van der Waals surface area (Å²) in [5.74, 6) is 1.04. The Hall–Kier alpha value is -2.76. The molecule has 32 heavy (non-hydrogen) atoms. The molecule has 1 fully saturated rings. The molecule has 0 N–H and O–H groups in total. The zero-order chi connectivity index (χ0) is 22.1. The lowest BCUT2D eigenvalue weighted by atomic mass is 9.84. The number of carbonyl (C=O) groups excluding carboxylic acids is 1. The lowest BCUT2D eigenvalue weighted by Gasteiger charge is -2.25. The zero-order valence-electron chi connectivity index (χ0n) is 18.6. The number of methoxy groups -OCH3 is 1. The van der Waals surface area contributed by atoms with Crippen LogP contribution in [0.5, 0.6) is 5.75 Å². The Kier molecular flexibility index (Phi) is 5.94. The number of ether oxygens (including phenoxy) is 1. The highest BCUT2D eigenvalue weighted by Gasteiger charge is 2.28. The van der Waals surface area contributed by atoms with E-state index in [1.165, 1.54) is 43.7 Å². The largest absolute Gasteiger partial charge is 0.496 e. The van der Waals surface area contributed by atoms with E-state index in [9.17, 15) is 4.79 Å². The Morgan fingerprint density at radius 1 is 1.03 bits per heavy atom. The quantitative estimate of drug-likeness (QED) is 0.363. The van der Waals surface area contributed by atoms with Crippen LogP contribution in [0.1, 0.15) is 34.5 Å². The first-order valence-corrected chi connectivity index (χ1v) is 12.3. The predicted molar refractivity (Wildman–Crippen MR) is 132 cm³/mol. The maximum atomic E-state index is 12.6. The summed E-state index contributed by atoms with van der Waals surface area (Å²) >= 11 is 1.53. The molecule has 1 aliphatic carbocycles. The second kappa shape index (κ2) is 9.00. The standard InChI is InChI=1S/C27H29N2O2S/c1-28(15-16-29-13-4-3-5-14-29)21-9-6-19(7-10-21)26-24(31-2)11-8-20-18-23(30)27-22(25(20)26)12-17-32-27/h6-12,17H,1,3-5,13-16,18H2,2H3/q+1. The van der Waals surface area contributed by atoms with Crippen molar-refractivity contribution in [2.45, 2.75) is 25.7 Å². The SMILES string of the molecule is C=[N+](CCN1CCCCC1)c1ccc(-c2c(OC)ccc3c2-c2ccsc2C(=O)C3)cc1. The lowest BCUT2D eigenvalue weighted by Crippen LogP contribution is -2.34. The third-order valence-electron chi connectivity index (χ3n) is 6.67. The molecule has 4 nitrogen and oxygen atoms in total. The lowest BCUT2D eigenvalue weighted by molar-refractivity contribution is -0.432. The molecule has 164 valence electrons. The highest BCUT2D eigenvalue weighted by molar-refractivity contribution is 7.12. The van der Waals surface area contributed by atoms with Gasteiger partial charge >= 0.3 is 0 Å². The molecular weight excluding hydrogens is 416 g/mol. The summed E-state index contributed by atoms with van der Waals surface area (Å²) in [7, 11) is 1.71. The van der Waals surface area contributed by atoms with Crippen molar-refractivity contribution in [3.05, 3.63) is 58.3 Å². The van der Waals surface area contributed by atoms with Gasteiger partial charge in [0, 0.05) is 29.7 Å². The van der Waals surface area contributed by atoms with Gasteiger partial charge in [-0.3, -0.25) is 9.69 Å². The fourth-order valence-electron chi connectivity index (χ4n) is 4.93. The summed E-state index contributed by atoms with van der Waals surface area (Å²) in [4.78, 5) is 16.0. The van der Waals surface area contributed by atoms with Crippen LogP contribution in [0.4, 0.5) is 5.69 Å². The maximum absolute atomic E-state index is 12.6. The summed E-state index contributed by atoms with van der Waals surface area (Å²) in [6.45, 7) is 8.67. The average Bonchev–Trinajstić information content (AvgIpc) is 3.33. The van der Waals surface area contributed by atoms with Crippen molar-refractivity contribution < 1.29 is 14.1 Å². The highest BCUT2D eigenvalue weighted by Crippen LogP contribution is 2.46. The van der Waals surface area contributed by atoms with Crippen molar-refractivity contribution in [2.24, 2.45) is 0 Å². The Morgan fingerprint density at radius 2 is 1.81 bits per heavy atom. The first-order valence-electron chi connectivity index (χ1n) is 11.4. The van der Waals surface area contributed by atoms with E-state index in [0.29, 0.717) is 6.42 Å². The normalized spacial score (nSPS) is 15.8. The van der Waals surface area contributed by atoms with Crippen molar-refractivity contribution >= 4 is 29.5 Å². The van der Waals surface area contributed by atoms with Crippen LogP contribution in [0.25, 0.3) is 22.3 Å². The molecule has 5 rings (SSSR count). The third-order valence-corrected chi connectivity index (χ3v) is 7.62. The van der Waals surface area contributed by atoms with E-state index in [4.69, 9.17) is 4.74 Å². The number of hydrogen-bond donors (Lipinski definition) is 0. The highest BCUT2D eigenvalue weighted by atomic mass is 32.1. The third kappa shape index (κ3) is 3.91. The molecule has 5 heteroatoms. The molecule has 2 aromatic carbocycles. The minimum Gasteiger partial charge on any atom is -0.496 e. The number of piperidine rings is 1. The number of ketones is 1. The number of benzene rings is 2. The van der Waals surface area contributed by atoms with E-state index in [-0.39, 0.29) is 5.78 Å². The minimum absolute atomic E-state index is 0.204. The molecule has 0 radical (unpaired) electrons. The Bertz CT molecular complexity index is 1160. The van der Waals surface area contributed by atoms with Crippen molar-refractivity contribution in [1.82, 2.24) is 4.90 Å². The number of fused-ring (bicyclic) bond motifs is 3. The van der Waals surface area contributed by atoms with Gasteiger partial charge in [0.25, 0.3) is 0 Å². The van der Waals surface area contributed by atoms with E-state index >= 15 is 0 Å². The van der Waals surface area contributed by atoms with Crippen LogP contribution >= 0.6 is 11.3 Å². The number of hydrogen-bond acceptors (Lipinski definition) is 4. The van der Waals surface area contributed by atoms with Gasteiger partial charge in [-0.05, 0) is 72.3 Å². The first-order chi connectivity index (χ1) is 15.7. The van der Waals surface area contributed by atoms with Crippen molar-refractivity contribution in [1.29, 1.82) is 0 Å². The second-order valence-electron chi connectivity index (χ2n) is 8.65. The van der Waals surface area contributed by atoms with Crippen LogP contribution in [0.15, 0.2) is 47.8 Å². The molecular formula is C27H29N2O2S+. The van der Waals surface area contributed by atoms with Crippen molar-refractivity contribution in [2.75, 3.05) is 33.3 Å². The van der Waals surface area contributed by atoms with Crippen LogP contribution < -0.4 is 4.74 Å².